The number of para-hydroxylation sites is 1. The molecule has 3 nitrogen and oxygen atoms in total. The van der Waals surface area contributed by atoms with Gasteiger partial charge >= 0.3 is 6.16 Å². The Balaban J connectivity index is 2.44. The number of aryl methyl sites for hydroxylation is 1. The molecule has 0 spiro atoms. The van der Waals surface area contributed by atoms with Gasteiger partial charge in [-0.3, -0.25) is 0 Å². The zero-order chi connectivity index (χ0) is 12.3. The molecule has 0 aliphatic rings. The largest absolute Gasteiger partial charge is 0.511 e. The van der Waals surface area contributed by atoms with Gasteiger partial charge in [0.1, 0.15) is 5.75 Å². The van der Waals surface area contributed by atoms with E-state index in [0.717, 1.165) is 16.7 Å². The third-order valence-electron chi connectivity index (χ3n) is 2.45. The van der Waals surface area contributed by atoms with Crippen LogP contribution in [0, 0.1) is 6.92 Å². The average molecular weight is 228 g/mol. The first-order valence-corrected chi connectivity index (χ1v) is 5.23. The lowest BCUT2D eigenvalue weighted by Crippen LogP contribution is -2.03. The molecule has 2 aromatic rings. The summed E-state index contributed by atoms with van der Waals surface area (Å²) in [6.45, 7) is 2.00. The summed E-state index contributed by atoms with van der Waals surface area (Å²) in [5, 5.41) is 8.66. The third-order valence-corrected chi connectivity index (χ3v) is 2.45. The van der Waals surface area contributed by atoms with E-state index in [1.54, 1.807) is 12.1 Å². The molecule has 3 heteroatoms. The molecule has 0 aliphatic carbocycles. The van der Waals surface area contributed by atoms with E-state index in [9.17, 15) is 4.79 Å². The molecule has 0 radical (unpaired) electrons. The van der Waals surface area contributed by atoms with E-state index >= 15 is 0 Å². The van der Waals surface area contributed by atoms with Crippen LogP contribution in [0.3, 0.4) is 0 Å². The Hall–Kier alpha value is -2.29. The highest BCUT2D eigenvalue weighted by Gasteiger charge is 2.08. The highest BCUT2D eigenvalue weighted by atomic mass is 16.7. The van der Waals surface area contributed by atoms with Crippen molar-refractivity contribution in [2.45, 2.75) is 6.92 Å². The fraction of sp³-hybridized carbons (Fsp3) is 0.0714. The van der Waals surface area contributed by atoms with Gasteiger partial charge in [-0.2, -0.15) is 0 Å². The zero-order valence-corrected chi connectivity index (χ0v) is 9.38. The van der Waals surface area contributed by atoms with Crippen LogP contribution in [-0.2, 0) is 0 Å². The summed E-state index contributed by atoms with van der Waals surface area (Å²) in [5.41, 5.74) is 2.87. The highest BCUT2D eigenvalue weighted by Crippen LogP contribution is 2.29. The van der Waals surface area contributed by atoms with Gasteiger partial charge in [0.2, 0.25) is 0 Å². The molecule has 86 valence electrons. The maximum atomic E-state index is 10.6. The number of carbonyl (C=O) groups is 1. The number of hydrogen-bond donors (Lipinski definition) is 1. The van der Waals surface area contributed by atoms with Crippen molar-refractivity contribution in [1.29, 1.82) is 0 Å². The Kier molecular flexibility index (Phi) is 3.10. The molecule has 0 heterocycles. The molecule has 0 fully saturated rings. The van der Waals surface area contributed by atoms with Crippen LogP contribution < -0.4 is 4.74 Å². The van der Waals surface area contributed by atoms with E-state index in [1.165, 1.54) is 0 Å². The van der Waals surface area contributed by atoms with Crippen molar-refractivity contribution in [2.24, 2.45) is 0 Å². The molecule has 17 heavy (non-hydrogen) atoms. The lowest BCUT2D eigenvalue weighted by atomic mass is 10.0. The van der Waals surface area contributed by atoms with Crippen molar-refractivity contribution in [3.05, 3.63) is 54.1 Å². The first kappa shape index (κ1) is 11.2. The van der Waals surface area contributed by atoms with E-state index in [-0.39, 0.29) is 0 Å². The Morgan fingerprint density at radius 2 is 1.71 bits per heavy atom. The van der Waals surface area contributed by atoms with Crippen molar-refractivity contribution < 1.29 is 14.6 Å². The van der Waals surface area contributed by atoms with Crippen LogP contribution in [0.1, 0.15) is 5.56 Å². The van der Waals surface area contributed by atoms with Crippen LogP contribution >= 0.6 is 0 Å². The van der Waals surface area contributed by atoms with Gasteiger partial charge in [0.25, 0.3) is 0 Å². The van der Waals surface area contributed by atoms with E-state index in [0.29, 0.717) is 5.75 Å². The summed E-state index contributed by atoms with van der Waals surface area (Å²) < 4.78 is 4.75. The Labute approximate surface area is 99.3 Å². The lowest BCUT2D eigenvalue weighted by molar-refractivity contribution is 0.144. The minimum atomic E-state index is -1.30. The van der Waals surface area contributed by atoms with Crippen molar-refractivity contribution in [3.63, 3.8) is 0 Å². The predicted octanol–water partition coefficient (Wildman–Crippen LogP) is 3.72. The maximum absolute atomic E-state index is 10.6. The smallest absolute Gasteiger partial charge is 0.449 e. The molecule has 0 saturated carbocycles. The molecule has 2 aromatic carbocycles. The molecule has 0 amide bonds. The summed E-state index contributed by atoms with van der Waals surface area (Å²) in [4.78, 5) is 10.6. The van der Waals surface area contributed by atoms with Crippen LogP contribution in [0.4, 0.5) is 4.79 Å². The van der Waals surface area contributed by atoms with Crippen molar-refractivity contribution in [1.82, 2.24) is 0 Å². The van der Waals surface area contributed by atoms with Crippen LogP contribution in [-0.4, -0.2) is 11.3 Å². The normalized spacial score (nSPS) is 9.94. The molecule has 0 aromatic heterocycles. The SMILES string of the molecule is Cc1ccc(-c2ccccc2OC(=O)O)cc1. The quantitative estimate of drug-likeness (QED) is 0.629. The second kappa shape index (κ2) is 4.70. The van der Waals surface area contributed by atoms with Gasteiger partial charge in [-0.05, 0) is 18.6 Å². The number of benzene rings is 2. The van der Waals surface area contributed by atoms with Crippen molar-refractivity contribution in [2.75, 3.05) is 0 Å². The van der Waals surface area contributed by atoms with Gasteiger partial charge < -0.3 is 9.84 Å². The average Bonchev–Trinajstić information content (AvgIpc) is 2.30. The fourth-order valence-corrected chi connectivity index (χ4v) is 1.62. The predicted molar refractivity (Wildman–Crippen MR) is 65.3 cm³/mol. The molecule has 0 atom stereocenters. The van der Waals surface area contributed by atoms with Crippen LogP contribution in [0.15, 0.2) is 48.5 Å². The van der Waals surface area contributed by atoms with Crippen molar-refractivity contribution >= 4 is 6.16 Å². The first-order valence-electron chi connectivity index (χ1n) is 5.23. The molecule has 0 unspecified atom stereocenters. The molecule has 1 N–H and O–H groups in total. The Bertz CT molecular complexity index is 529. The second-order valence-corrected chi connectivity index (χ2v) is 3.73. The number of ether oxygens (including phenoxy) is 1. The molecule has 0 bridgehead atoms. The summed E-state index contributed by atoms with van der Waals surface area (Å²) >= 11 is 0. The molecule has 0 saturated heterocycles. The van der Waals surface area contributed by atoms with E-state index in [4.69, 9.17) is 9.84 Å². The van der Waals surface area contributed by atoms with Crippen LogP contribution in [0.25, 0.3) is 11.1 Å². The second-order valence-electron chi connectivity index (χ2n) is 3.73. The topological polar surface area (TPSA) is 46.5 Å². The third kappa shape index (κ3) is 2.64. The number of rotatable bonds is 2. The highest BCUT2D eigenvalue weighted by molar-refractivity contribution is 5.74. The Morgan fingerprint density at radius 3 is 2.35 bits per heavy atom. The first-order chi connectivity index (χ1) is 8.16. The van der Waals surface area contributed by atoms with Crippen molar-refractivity contribution in [3.8, 4) is 16.9 Å². The summed E-state index contributed by atoms with van der Waals surface area (Å²) in [5.74, 6) is 0.351. The number of carboxylic acid groups (broad SMARTS) is 1. The van der Waals surface area contributed by atoms with Gasteiger partial charge in [-0.15, -0.1) is 0 Å². The van der Waals surface area contributed by atoms with Crippen LogP contribution in [0.2, 0.25) is 0 Å². The Morgan fingerprint density at radius 1 is 1.06 bits per heavy atom. The summed E-state index contributed by atoms with van der Waals surface area (Å²) in [7, 11) is 0. The molecule has 2 rings (SSSR count). The minimum Gasteiger partial charge on any atom is -0.449 e. The van der Waals surface area contributed by atoms with Gasteiger partial charge in [-0.25, -0.2) is 4.79 Å². The number of hydrogen-bond acceptors (Lipinski definition) is 2. The summed E-state index contributed by atoms with van der Waals surface area (Å²) in [6.07, 6.45) is -1.30. The minimum absolute atomic E-state index is 0.351. The van der Waals surface area contributed by atoms with Gasteiger partial charge in [-0.1, -0.05) is 48.0 Å². The lowest BCUT2D eigenvalue weighted by Gasteiger charge is -2.08. The van der Waals surface area contributed by atoms with Gasteiger partial charge in [0.15, 0.2) is 0 Å². The maximum Gasteiger partial charge on any atom is 0.511 e. The van der Waals surface area contributed by atoms with Crippen LogP contribution in [0.5, 0.6) is 5.75 Å². The monoisotopic (exact) mass is 228 g/mol. The molecular formula is C14H12O3. The van der Waals surface area contributed by atoms with E-state index in [2.05, 4.69) is 0 Å². The van der Waals surface area contributed by atoms with E-state index in [1.807, 2.05) is 43.3 Å². The standard InChI is InChI=1S/C14H12O3/c1-10-6-8-11(9-7-10)12-4-2-3-5-13(12)17-14(15)16/h2-9H,1H3,(H,15,16). The van der Waals surface area contributed by atoms with Gasteiger partial charge in [0.05, 0.1) is 0 Å². The fourth-order valence-electron chi connectivity index (χ4n) is 1.62. The zero-order valence-electron chi connectivity index (χ0n) is 9.38. The summed E-state index contributed by atoms with van der Waals surface area (Å²) in [6, 6.07) is 14.9. The van der Waals surface area contributed by atoms with E-state index < -0.39 is 6.16 Å². The molecule has 0 aliphatic heterocycles. The molecular weight excluding hydrogens is 216 g/mol. The van der Waals surface area contributed by atoms with Gasteiger partial charge in [0, 0.05) is 5.56 Å².